The standard InChI is InChI=1S/C6H13NO2.C4H5NS/c1-5(2)4-9-6(8)7-3;1-4-2-6-3-5-4/h5H,4H2,1-3H3,(H,7,8);2-3H,1H3. The molecule has 1 amide bonds. The molecule has 0 unspecified atom stereocenters. The molecule has 0 aromatic carbocycles. The molecule has 0 bridgehead atoms. The Morgan fingerprint density at radius 2 is 2.33 bits per heavy atom. The topological polar surface area (TPSA) is 51.2 Å². The molecule has 15 heavy (non-hydrogen) atoms. The Morgan fingerprint density at radius 3 is 2.60 bits per heavy atom. The maximum absolute atomic E-state index is 10.4. The van der Waals surface area contributed by atoms with Crippen LogP contribution in [0.5, 0.6) is 0 Å². The average Bonchev–Trinajstić information content (AvgIpc) is 2.66. The predicted octanol–water partition coefficient (Wildman–Crippen LogP) is 2.45. The number of amides is 1. The van der Waals surface area contributed by atoms with Crippen LogP contribution in [0.3, 0.4) is 0 Å². The normalized spacial score (nSPS) is 9.13. The summed E-state index contributed by atoms with van der Waals surface area (Å²) in [5, 5.41) is 4.37. The summed E-state index contributed by atoms with van der Waals surface area (Å²) in [4.78, 5) is 14.3. The van der Waals surface area contributed by atoms with Crippen LogP contribution in [0.1, 0.15) is 19.5 Å². The maximum Gasteiger partial charge on any atom is 0.406 e. The van der Waals surface area contributed by atoms with E-state index in [4.69, 9.17) is 4.74 Å². The van der Waals surface area contributed by atoms with Crippen molar-refractivity contribution in [2.75, 3.05) is 13.7 Å². The fourth-order valence-corrected chi connectivity index (χ4v) is 1.13. The largest absolute Gasteiger partial charge is 0.449 e. The average molecular weight is 230 g/mol. The van der Waals surface area contributed by atoms with Crippen LogP contribution in [-0.2, 0) is 4.74 Å². The molecule has 86 valence electrons. The summed E-state index contributed by atoms with van der Waals surface area (Å²) in [5.41, 5.74) is 2.94. The lowest BCUT2D eigenvalue weighted by Crippen LogP contribution is -2.21. The lowest BCUT2D eigenvalue weighted by atomic mass is 10.2. The zero-order valence-electron chi connectivity index (χ0n) is 9.61. The minimum atomic E-state index is -0.358. The number of nitrogens with zero attached hydrogens (tertiary/aromatic N) is 1. The van der Waals surface area contributed by atoms with Crippen molar-refractivity contribution in [3.8, 4) is 0 Å². The van der Waals surface area contributed by atoms with E-state index in [1.807, 2.05) is 31.7 Å². The molecule has 0 radical (unpaired) electrons. The quantitative estimate of drug-likeness (QED) is 0.849. The van der Waals surface area contributed by atoms with Gasteiger partial charge >= 0.3 is 6.09 Å². The molecular weight excluding hydrogens is 212 g/mol. The first kappa shape index (κ1) is 13.9. The molecule has 0 aliphatic rings. The van der Waals surface area contributed by atoms with Gasteiger partial charge in [0.2, 0.25) is 0 Å². The van der Waals surface area contributed by atoms with Crippen LogP contribution in [0.2, 0.25) is 0 Å². The number of ether oxygens (including phenoxy) is 1. The number of carbonyl (C=O) groups is 1. The molecule has 1 rings (SSSR count). The lowest BCUT2D eigenvalue weighted by molar-refractivity contribution is 0.135. The fraction of sp³-hybridized carbons (Fsp3) is 0.600. The molecule has 5 heteroatoms. The van der Waals surface area contributed by atoms with Gasteiger partial charge in [0.1, 0.15) is 0 Å². The van der Waals surface area contributed by atoms with Crippen LogP contribution in [-0.4, -0.2) is 24.7 Å². The van der Waals surface area contributed by atoms with Crippen LogP contribution >= 0.6 is 11.3 Å². The fourth-order valence-electron chi connectivity index (χ4n) is 0.587. The van der Waals surface area contributed by atoms with Crippen molar-refractivity contribution in [1.29, 1.82) is 0 Å². The Labute approximate surface area is 94.7 Å². The Hall–Kier alpha value is -1.10. The van der Waals surface area contributed by atoms with E-state index in [-0.39, 0.29) is 6.09 Å². The van der Waals surface area contributed by atoms with Crippen LogP contribution in [0.15, 0.2) is 10.9 Å². The van der Waals surface area contributed by atoms with Crippen LogP contribution in [0.25, 0.3) is 0 Å². The number of aromatic nitrogens is 1. The van der Waals surface area contributed by atoms with Crippen LogP contribution in [0.4, 0.5) is 4.79 Å². The lowest BCUT2D eigenvalue weighted by Gasteiger charge is -2.04. The number of aryl methyl sites for hydroxylation is 1. The summed E-state index contributed by atoms with van der Waals surface area (Å²) in [6.45, 7) is 6.45. The first-order chi connectivity index (χ1) is 7.06. The zero-order valence-corrected chi connectivity index (χ0v) is 10.4. The highest BCUT2D eigenvalue weighted by Gasteiger charge is 1.98. The third-order valence-corrected chi connectivity index (χ3v) is 2.01. The molecule has 0 spiro atoms. The number of rotatable bonds is 2. The Balaban J connectivity index is 0.000000280. The number of hydrogen-bond acceptors (Lipinski definition) is 4. The van der Waals surface area contributed by atoms with Gasteiger partial charge < -0.3 is 10.1 Å². The monoisotopic (exact) mass is 230 g/mol. The molecular formula is C10H18N2O2S. The van der Waals surface area contributed by atoms with Crippen molar-refractivity contribution < 1.29 is 9.53 Å². The molecule has 1 aromatic rings. The molecule has 1 heterocycles. The summed E-state index contributed by atoms with van der Waals surface area (Å²) in [7, 11) is 1.54. The number of thiazole rings is 1. The Kier molecular flexibility index (Phi) is 7.62. The Morgan fingerprint density at radius 1 is 1.67 bits per heavy atom. The second-order valence-electron chi connectivity index (χ2n) is 3.37. The second kappa shape index (κ2) is 8.23. The maximum atomic E-state index is 10.4. The van der Waals surface area contributed by atoms with E-state index in [0.717, 1.165) is 5.69 Å². The minimum Gasteiger partial charge on any atom is -0.449 e. The van der Waals surface area contributed by atoms with E-state index in [1.54, 1.807) is 18.4 Å². The van der Waals surface area contributed by atoms with E-state index in [0.29, 0.717) is 12.5 Å². The van der Waals surface area contributed by atoms with Gasteiger partial charge in [-0.25, -0.2) is 4.79 Å². The van der Waals surface area contributed by atoms with Crippen LogP contribution < -0.4 is 5.32 Å². The van der Waals surface area contributed by atoms with Gasteiger partial charge in [-0.3, -0.25) is 4.98 Å². The predicted molar refractivity (Wildman–Crippen MR) is 62.1 cm³/mol. The van der Waals surface area contributed by atoms with Crippen molar-refractivity contribution in [1.82, 2.24) is 10.3 Å². The molecule has 0 saturated carbocycles. The SMILES string of the molecule is CNC(=O)OCC(C)C.Cc1cscn1. The van der Waals surface area contributed by atoms with Gasteiger partial charge in [0.25, 0.3) is 0 Å². The van der Waals surface area contributed by atoms with Gasteiger partial charge in [-0.1, -0.05) is 13.8 Å². The molecule has 0 atom stereocenters. The molecule has 1 aromatic heterocycles. The highest BCUT2D eigenvalue weighted by Crippen LogP contribution is 1.95. The van der Waals surface area contributed by atoms with Crippen molar-refractivity contribution in [2.45, 2.75) is 20.8 Å². The van der Waals surface area contributed by atoms with Gasteiger partial charge in [0.05, 0.1) is 12.1 Å². The van der Waals surface area contributed by atoms with Gasteiger partial charge in [-0.05, 0) is 12.8 Å². The number of hydrogen-bond donors (Lipinski definition) is 1. The van der Waals surface area contributed by atoms with E-state index in [2.05, 4.69) is 10.3 Å². The van der Waals surface area contributed by atoms with Crippen molar-refractivity contribution in [3.05, 3.63) is 16.6 Å². The molecule has 4 nitrogen and oxygen atoms in total. The van der Waals surface area contributed by atoms with E-state index in [9.17, 15) is 4.79 Å². The van der Waals surface area contributed by atoms with Gasteiger partial charge in [-0.2, -0.15) is 0 Å². The molecule has 0 fully saturated rings. The molecule has 0 saturated heterocycles. The smallest absolute Gasteiger partial charge is 0.406 e. The third-order valence-electron chi connectivity index (χ3n) is 1.31. The highest BCUT2D eigenvalue weighted by molar-refractivity contribution is 7.07. The summed E-state index contributed by atoms with van der Waals surface area (Å²) >= 11 is 1.63. The van der Waals surface area contributed by atoms with Crippen molar-refractivity contribution >= 4 is 17.4 Å². The number of alkyl carbamates (subject to hydrolysis) is 1. The highest BCUT2D eigenvalue weighted by atomic mass is 32.1. The summed E-state index contributed by atoms with van der Waals surface area (Å²) in [6, 6.07) is 0. The van der Waals surface area contributed by atoms with Crippen molar-refractivity contribution in [3.63, 3.8) is 0 Å². The van der Waals surface area contributed by atoms with Crippen molar-refractivity contribution in [2.24, 2.45) is 5.92 Å². The molecule has 0 aliphatic heterocycles. The first-order valence-electron chi connectivity index (χ1n) is 4.75. The van der Waals surface area contributed by atoms with Crippen LogP contribution in [0, 0.1) is 12.8 Å². The third kappa shape index (κ3) is 9.21. The summed E-state index contributed by atoms with van der Waals surface area (Å²) < 4.78 is 4.70. The minimum absolute atomic E-state index is 0.358. The van der Waals surface area contributed by atoms with Gasteiger partial charge in [0.15, 0.2) is 0 Å². The first-order valence-corrected chi connectivity index (χ1v) is 5.69. The summed E-state index contributed by atoms with van der Waals surface area (Å²) in [5.74, 6) is 0.405. The zero-order chi connectivity index (χ0) is 11.7. The molecule has 0 aliphatic carbocycles. The molecule has 1 N–H and O–H groups in total. The number of carbonyl (C=O) groups excluding carboxylic acids is 1. The summed E-state index contributed by atoms with van der Waals surface area (Å²) in [6.07, 6.45) is -0.358. The van der Waals surface area contributed by atoms with Gasteiger partial charge in [-0.15, -0.1) is 11.3 Å². The van der Waals surface area contributed by atoms with Gasteiger partial charge in [0, 0.05) is 18.1 Å². The van der Waals surface area contributed by atoms with E-state index < -0.39 is 0 Å². The van der Waals surface area contributed by atoms with E-state index >= 15 is 0 Å². The Bertz CT molecular complexity index is 260. The number of nitrogens with one attached hydrogen (secondary N) is 1. The van der Waals surface area contributed by atoms with E-state index in [1.165, 1.54) is 0 Å². The second-order valence-corrected chi connectivity index (χ2v) is 4.09.